The Morgan fingerprint density at radius 2 is 1.80 bits per heavy atom. The van der Waals surface area contributed by atoms with Crippen molar-refractivity contribution in [3.05, 3.63) is 73.8 Å². The topological polar surface area (TPSA) is 110 Å². The molecule has 1 amide bonds. The number of carbonyl (C=O) groups is 2. The number of carboxylic acids is 1. The molecule has 7 nitrogen and oxygen atoms in total. The quantitative estimate of drug-likeness (QED) is 0.457. The van der Waals surface area contributed by atoms with E-state index in [0.717, 1.165) is 6.08 Å². The molecule has 0 aromatic heterocycles. The molecular weight excluding hydrogens is 371 g/mol. The lowest BCUT2D eigenvalue weighted by molar-refractivity contribution is -0.384. The van der Waals surface area contributed by atoms with E-state index in [-0.39, 0.29) is 27.0 Å². The number of hydrogen-bond acceptors (Lipinski definition) is 4. The minimum atomic E-state index is -1.22. The SMILES string of the molecule is O=C(/C=C/c1ccc(Cl)c([N+](=O)[O-])c1)Nc1ccc(Cl)c(C(=O)O)c1. The number of nitro benzene ring substituents is 1. The van der Waals surface area contributed by atoms with Crippen molar-refractivity contribution < 1.29 is 19.6 Å². The molecule has 0 aliphatic carbocycles. The van der Waals surface area contributed by atoms with Crippen molar-refractivity contribution in [2.24, 2.45) is 0 Å². The van der Waals surface area contributed by atoms with Crippen LogP contribution in [0.4, 0.5) is 11.4 Å². The van der Waals surface area contributed by atoms with E-state index < -0.39 is 16.8 Å². The summed E-state index contributed by atoms with van der Waals surface area (Å²) in [5.74, 6) is -1.76. The van der Waals surface area contributed by atoms with Crippen LogP contribution in [0.25, 0.3) is 6.08 Å². The van der Waals surface area contributed by atoms with Crippen molar-refractivity contribution in [1.29, 1.82) is 0 Å². The summed E-state index contributed by atoms with van der Waals surface area (Å²) in [7, 11) is 0. The Balaban J connectivity index is 2.14. The van der Waals surface area contributed by atoms with Gasteiger partial charge in [-0.05, 0) is 35.9 Å². The summed E-state index contributed by atoms with van der Waals surface area (Å²) in [6, 6.07) is 8.14. The smallest absolute Gasteiger partial charge is 0.337 e. The number of nitrogens with one attached hydrogen (secondary N) is 1. The first kappa shape index (κ1) is 18.4. The number of carbonyl (C=O) groups excluding carboxylic acids is 1. The number of anilines is 1. The Hall–Kier alpha value is -2.90. The zero-order chi connectivity index (χ0) is 18.6. The highest BCUT2D eigenvalue weighted by Gasteiger charge is 2.12. The van der Waals surface area contributed by atoms with Gasteiger partial charge in [0.25, 0.3) is 5.69 Å². The van der Waals surface area contributed by atoms with Gasteiger partial charge in [-0.15, -0.1) is 0 Å². The van der Waals surface area contributed by atoms with Crippen molar-refractivity contribution in [3.63, 3.8) is 0 Å². The molecule has 0 aliphatic rings. The molecule has 0 bridgehead atoms. The summed E-state index contributed by atoms with van der Waals surface area (Å²) in [5.41, 5.74) is 0.247. The monoisotopic (exact) mass is 380 g/mol. The number of amides is 1. The predicted octanol–water partition coefficient (Wildman–Crippen LogP) is 4.25. The van der Waals surface area contributed by atoms with Crippen molar-refractivity contribution in [2.45, 2.75) is 0 Å². The fourth-order valence-corrected chi connectivity index (χ4v) is 2.28. The summed E-state index contributed by atoms with van der Waals surface area (Å²) in [6.45, 7) is 0. The van der Waals surface area contributed by atoms with Crippen LogP contribution in [0.2, 0.25) is 10.0 Å². The molecule has 2 N–H and O–H groups in total. The van der Waals surface area contributed by atoms with Gasteiger partial charge in [0.05, 0.1) is 15.5 Å². The molecule has 128 valence electrons. The van der Waals surface area contributed by atoms with Crippen LogP contribution in [0.5, 0.6) is 0 Å². The van der Waals surface area contributed by atoms with Gasteiger partial charge in [0.15, 0.2) is 0 Å². The van der Waals surface area contributed by atoms with Gasteiger partial charge >= 0.3 is 5.97 Å². The first-order valence-corrected chi connectivity index (χ1v) is 7.49. The van der Waals surface area contributed by atoms with Gasteiger partial charge in [-0.2, -0.15) is 0 Å². The summed E-state index contributed by atoms with van der Waals surface area (Å²) in [6.07, 6.45) is 2.52. The van der Waals surface area contributed by atoms with Gasteiger partial charge < -0.3 is 10.4 Å². The highest BCUT2D eigenvalue weighted by molar-refractivity contribution is 6.33. The molecule has 0 heterocycles. The third-order valence-electron chi connectivity index (χ3n) is 3.06. The van der Waals surface area contributed by atoms with Crippen LogP contribution < -0.4 is 5.32 Å². The van der Waals surface area contributed by atoms with E-state index in [1.165, 1.54) is 42.5 Å². The maximum absolute atomic E-state index is 11.9. The third-order valence-corrected chi connectivity index (χ3v) is 3.71. The number of rotatable bonds is 5. The zero-order valence-electron chi connectivity index (χ0n) is 12.4. The molecule has 0 atom stereocenters. The van der Waals surface area contributed by atoms with E-state index in [0.29, 0.717) is 5.56 Å². The highest BCUT2D eigenvalue weighted by Crippen LogP contribution is 2.25. The molecule has 2 aromatic carbocycles. The molecule has 0 spiro atoms. The molecule has 2 aromatic rings. The van der Waals surface area contributed by atoms with E-state index in [2.05, 4.69) is 5.32 Å². The zero-order valence-corrected chi connectivity index (χ0v) is 13.9. The molecule has 0 fully saturated rings. The molecule has 2 rings (SSSR count). The summed E-state index contributed by atoms with van der Waals surface area (Å²) < 4.78 is 0. The number of aromatic carboxylic acids is 1. The fraction of sp³-hybridized carbons (Fsp3) is 0. The maximum atomic E-state index is 11.9. The lowest BCUT2D eigenvalue weighted by Gasteiger charge is -2.05. The van der Waals surface area contributed by atoms with Crippen LogP contribution in [0, 0.1) is 10.1 Å². The van der Waals surface area contributed by atoms with E-state index >= 15 is 0 Å². The van der Waals surface area contributed by atoms with E-state index in [4.69, 9.17) is 28.3 Å². The van der Waals surface area contributed by atoms with Crippen LogP contribution in [0.1, 0.15) is 15.9 Å². The summed E-state index contributed by atoms with van der Waals surface area (Å²) in [5, 5.41) is 22.3. The molecule has 0 saturated heterocycles. The van der Waals surface area contributed by atoms with Gasteiger partial charge in [0.1, 0.15) is 5.02 Å². The van der Waals surface area contributed by atoms with E-state index in [9.17, 15) is 19.7 Å². The second kappa shape index (κ2) is 7.78. The normalized spacial score (nSPS) is 10.6. The average Bonchev–Trinajstić information content (AvgIpc) is 2.55. The van der Waals surface area contributed by atoms with Crippen LogP contribution in [0.3, 0.4) is 0 Å². The average molecular weight is 381 g/mol. The third kappa shape index (κ3) is 4.79. The van der Waals surface area contributed by atoms with Gasteiger partial charge in [0, 0.05) is 17.8 Å². The number of hydrogen-bond donors (Lipinski definition) is 2. The lowest BCUT2D eigenvalue weighted by atomic mass is 10.2. The van der Waals surface area contributed by atoms with Crippen LogP contribution in [-0.2, 0) is 4.79 Å². The largest absolute Gasteiger partial charge is 0.478 e. The number of halogens is 2. The van der Waals surface area contributed by atoms with Crippen molar-refractivity contribution in [3.8, 4) is 0 Å². The van der Waals surface area contributed by atoms with Gasteiger partial charge in [0.2, 0.25) is 5.91 Å². The first-order valence-electron chi connectivity index (χ1n) is 6.74. The molecule has 0 saturated carbocycles. The summed E-state index contributed by atoms with van der Waals surface area (Å²) >= 11 is 11.5. The Morgan fingerprint density at radius 1 is 1.12 bits per heavy atom. The molecule has 25 heavy (non-hydrogen) atoms. The van der Waals surface area contributed by atoms with Crippen LogP contribution in [-0.4, -0.2) is 21.9 Å². The Labute approximate surface area is 151 Å². The second-order valence-electron chi connectivity index (χ2n) is 4.79. The molecule has 0 radical (unpaired) electrons. The Bertz CT molecular complexity index is 896. The molecular formula is C16H10Cl2N2O5. The Morgan fingerprint density at radius 3 is 2.44 bits per heavy atom. The van der Waals surface area contributed by atoms with Gasteiger partial charge in [-0.1, -0.05) is 29.3 Å². The number of benzene rings is 2. The minimum absolute atomic E-state index is 0.00559. The fourth-order valence-electron chi connectivity index (χ4n) is 1.90. The van der Waals surface area contributed by atoms with Crippen molar-refractivity contribution >= 4 is 52.5 Å². The van der Waals surface area contributed by atoms with Gasteiger partial charge in [-0.3, -0.25) is 14.9 Å². The maximum Gasteiger partial charge on any atom is 0.337 e. The molecule has 0 unspecified atom stereocenters. The lowest BCUT2D eigenvalue weighted by Crippen LogP contribution is -2.09. The van der Waals surface area contributed by atoms with Crippen molar-refractivity contribution in [2.75, 3.05) is 5.32 Å². The number of nitrogens with zero attached hydrogens (tertiary/aromatic N) is 1. The summed E-state index contributed by atoms with van der Waals surface area (Å²) in [4.78, 5) is 33.1. The van der Waals surface area contributed by atoms with E-state index in [1.54, 1.807) is 0 Å². The van der Waals surface area contributed by atoms with E-state index in [1.807, 2.05) is 0 Å². The van der Waals surface area contributed by atoms with Gasteiger partial charge in [-0.25, -0.2) is 4.79 Å². The predicted molar refractivity (Wildman–Crippen MR) is 94.2 cm³/mol. The van der Waals surface area contributed by atoms with Crippen LogP contribution >= 0.6 is 23.2 Å². The van der Waals surface area contributed by atoms with Crippen molar-refractivity contribution in [1.82, 2.24) is 0 Å². The standard InChI is InChI=1S/C16H10Cl2N2O5/c17-12-5-3-10(8-11(12)16(22)23)19-15(21)6-2-9-1-4-13(18)14(7-9)20(24)25/h1-8H,(H,19,21)(H,22,23)/b6-2+. The molecule has 9 heteroatoms. The minimum Gasteiger partial charge on any atom is -0.478 e. The first-order chi connectivity index (χ1) is 11.8. The highest BCUT2D eigenvalue weighted by atomic mass is 35.5. The second-order valence-corrected chi connectivity index (χ2v) is 5.60. The Kier molecular flexibility index (Phi) is 5.74. The number of nitro groups is 1. The number of carboxylic acid groups (broad SMARTS) is 1. The molecule has 0 aliphatic heterocycles. The van der Waals surface area contributed by atoms with Crippen LogP contribution in [0.15, 0.2) is 42.5 Å².